The van der Waals surface area contributed by atoms with Crippen molar-refractivity contribution in [3.05, 3.63) is 77.1 Å². The fraction of sp³-hybridized carbons (Fsp3) is 0.227. The van der Waals surface area contributed by atoms with Crippen LogP contribution in [0.25, 0.3) is 5.69 Å². The summed E-state index contributed by atoms with van der Waals surface area (Å²) < 4.78 is 12.0. The number of ketones is 1. The minimum absolute atomic E-state index is 0.0353. The van der Waals surface area contributed by atoms with Crippen LogP contribution >= 0.6 is 0 Å². The van der Waals surface area contributed by atoms with Gasteiger partial charge < -0.3 is 9.47 Å². The molecule has 6 nitrogen and oxygen atoms in total. The number of ether oxygens (including phenoxy) is 2. The first-order chi connectivity index (χ1) is 13.7. The summed E-state index contributed by atoms with van der Waals surface area (Å²) in [7, 11) is 1.46. The molecular formula is C22H20N2O4. The molecule has 0 amide bonds. The minimum atomic E-state index is -0.693. The van der Waals surface area contributed by atoms with E-state index in [0.29, 0.717) is 11.3 Å². The number of carbonyl (C=O) groups excluding carboxylic acids is 2. The summed E-state index contributed by atoms with van der Waals surface area (Å²) in [6.45, 7) is -0.334. The number of aromatic nitrogens is 2. The van der Waals surface area contributed by atoms with Crippen molar-refractivity contribution in [1.29, 1.82) is 0 Å². The Morgan fingerprint density at radius 2 is 1.86 bits per heavy atom. The number of hydrogen-bond donors (Lipinski definition) is 0. The number of aryl methyl sites for hydroxylation is 2. The highest BCUT2D eigenvalue weighted by Gasteiger charge is 2.21. The monoisotopic (exact) mass is 376 g/mol. The molecule has 2 aromatic carbocycles. The molecule has 0 radical (unpaired) electrons. The second-order valence-corrected chi connectivity index (χ2v) is 6.66. The zero-order chi connectivity index (χ0) is 19.5. The first-order valence-electron chi connectivity index (χ1n) is 9.17. The highest BCUT2D eigenvalue weighted by molar-refractivity contribution is 5.99. The van der Waals surface area contributed by atoms with Crippen LogP contribution in [0.4, 0.5) is 0 Å². The molecule has 0 spiro atoms. The number of rotatable bonds is 6. The molecule has 0 saturated heterocycles. The van der Waals surface area contributed by atoms with Crippen molar-refractivity contribution in [3.8, 4) is 11.4 Å². The van der Waals surface area contributed by atoms with Crippen molar-refractivity contribution >= 4 is 11.8 Å². The maximum absolute atomic E-state index is 12.5. The van der Waals surface area contributed by atoms with Gasteiger partial charge in [-0.25, -0.2) is 9.48 Å². The third-order valence-electron chi connectivity index (χ3n) is 4.87. The summed E-state index contributed by atoms with van der Waals surface area (Å²) in [4.78, 5) is 24.9. The largest absolute Gasteiger partial charge is 0.493 e. The SMILES string of the molecule is COc1cn(-c2ccccc2)nc1C(=O)OCC(=O)c1ccc2c(c1)CCC2. The number of Topliss-reactive ketones (excluding diaryl/α,β-unsaturated/α-hetero) is 1. The Morgan fingerprint density at radius 3 is 2.64 bits per heavy atom. The Morgan fingerprint density at radius 1 is 1.07 bits per heavy atom. The number of esters is 1. The van der Waals surface area contributed by atoms with Crippen LogP contribution in [0.2, 0.25) is 0 Å². The molecule has 6 heteroatoms. The average molecular weight is 376 g/mol. The van der Waals surface area contributed by atoms with Gasteiger partial charge >= 0.3 is 5.97 Å². The van der Waals surface area contributed by atoms with Gasteiger partial charge in [0, 0.05) is 5.56 Å². The Labute approximate surface area is 162 Å². The van der Waals surface area contributed by atoms with Crippen LogP contribution in [0.15, 0.2) is 54.7 Å². The Kier molecular flexibility index (Phi) is 4.93. The second kappa shape index (κ2) is 7.68. The lowest BCUT2D eigenvalue weighted by Crippen LogP contribution is -2.15. The molecule has 142 valence electrons. The number of benzene rings is 2. The molecule has 1 aromatic heterocycles. The van der Waals surface area contributed by atoms with Gasteiger partial charge in [-0.3, -0.25) is 4.79 Å². The van der Waals surface area contributed by atoms with Gasteiger partial charge in [0.1, 0.15) is 0 Å². The van der Waals surface area contributed by atoms with Crippen molar-refractivity contribution < 1.29 is 19.1 Å². The van der Waals surface area contributed by atoms with Gasteiger partial charge in [-0.05, 0) is 48.6 Å². The topological polar surface area (TPSA) is 70.4 Å². The standard InChI is InChI=1S/C22H20N2O4/c1-27-20-13-24(18-8-3-2-4-9-18)23-21(20)22(26)28-14-19(25)17-11-10-15-6-5-7-16(15)12-17/h2-4,8-13H,5-7,14H2,1H3. The summed E-state index contributed by atoms with van der Waals surface area (Å²) in [5.41, 5.74) is 3.89. The molecule has 4 rings (SSSR count). The van der Waals surface area contributed by atoms with Gasteiger partial charge in [-0.15, -0.1) is 0 Å². The van der Waals surface area contributed by atoms with Gasteiger partial charge in [0.15, 0.2) is 18.1 Å². The average Bonchev–Trinajstić information content (AvgIpc) is 3.38. The van der Waals surface area contributed by atoms with Crippen molar-refractivity contribution in [2.75, 3.05) is 13.7 Å². The minimum Gasteiger partial charge on any atom is -0.493 e. The van der Waals surface area contributed by atoms with Crippen LogP contribution in [0.3, 0.4) is 0 Å². The van der Waals surface area contributed by atoms with Gasteiger partial charge in [-0.1, -0.05) is 30.3 Å². The van der Waals surface area contributed by atoms with Crippen LogP contribution in [0.5, 0.6) is 5.75 Å². The number of carbonyl (C=O) groups is 2. The normalized spacial score (nSPS) is 12.5. The number of para-hydroxylation sites is 1. The lowest BCUT2D eigenvalue weighted by atomic mass is 10.0. The van der Waals surface area contributed by atoms with Crippen LogP contribution in [-0.4, -0.2) is 35.2 Å². The zero-order valence-corrected chi connectivity index (χ0v) is 15.6. The smallest absolute Gasteiger partial charge is 0.363 e. The van der Waals surface area contributed by atoms with E-state index in [2.05, 4.69) is 5.10 Å². The fourth-order valence-corrected chi connectivity index (χ4v) is 3.39. The summed E-state index contributed by atoms with van der Waals surface area (Å²) in [5, 5.41) is 4.25. The molecule has 0 fully saturated rings. The van der Waals surface area contributed by atoms with Crippen LogP contribution in [-0.2, 0) is 17.6 Å². The molecule has 3 aromatic rings. The van der Waals surface area contributed by atoms with Crippen LogP contribution in [0, 0.1) is 0 Å². The molecular weight excluding hydrogens is 356 g/mol. The number of nitrogens with zero attached hydrogens (tertiary/aromatic N) is 2. The van der Waals surface area contributed by atoms with Gasteiger partial charge in [0.2, 0.25) is 5.69 Å². The highest BCUT2D eigenvalue weighted by atomic mass is 16.5. The Balaban J connectivity index is 1.46. The first-order valence-corrected chi connectivity index (χ1v) is 9.17. The maximum Gasteiger partial charge on any atom is 0.363 e. The van der Waals surface area contributed by atoms with Gasteiger partial charge in [0.25, 0.3) is 0 Å². The third kappa shape index (κ3) is 3.53. The van der Waals surface area contributed by atoms with Crippen molar-refractivity contribution in [1.82, 2.24) is 9.78 Å². The Bertz CT molecular complexity index is 1020. The van der Waals surface area contributed by atoms with Crippen molar-refractivity contribution in [2.24, 2.45) is 0 Å². The van der Waals surface area contributed by atoms with Crippen molar-refractivity contribution in [3.63, 3.8) is 0 Å². The first kappa shape index (κ1) is 18.0. The van der Waals surface area contributed by atoms with E-state index in [-0.39, 0.29) is 18.1 Å². The van der Waals surface area contributed by atoms with E-state index in [9.17, 15) is 9.59 Å². The summed E-state index contributed by atoms with van der Waals surface area (Å²) in [5.74, 6) is -0.635. The van der Waals surface area contributed by atoms with E-state index < -0.39 is 5.97 Å². The highest BCUT2D eigenvalue weighted by Crippen LogP contribution is 2.23. The summed E-state index contributed by atoms with van der Waals surface area (Å²) >= 11 is 0. The van der Waals surface area contributed by atoms with Crippen LogP contribution in [0.1, 0.15) is 38.4 Å². The number of hydrogen-bond acceptors (Lipinski definition) is 5. The molecule has 0 N–H and O–H groups in total. The lowest BCUT2D eigenvalue weighted by Gasteiger charge is -2.06. The van der Waals surface area contributed by atoms with E-state index in [1.165, 1.54) is 22.9 Å². The number of methoxy groups -OCH3 is 1. The van der Waals surface area contributed by atoms with Crippen molar-refractivity contribution in [2.45, 2.75) is 19.3 Å². The fourth-order valence-electron chi connectivity index (χ4n) is 3.39. The van der Waals surface area contributed by atoms with E-state index in [4.69, 9.17) is 9.47 Å². The molecule has 28 heavy (non-hydrogen) atoms. The Hall–Kier alpha value is -3.41. The van der Waals surface area contributed by atoms with E-state index in [1.54, 1.807) is 12.3 Å². The molecule has 1 heterocycles. The maximum atomic E-state index is 12.5. The zero-order valence-electron chi connectivity index (χ0n) is 15.6. The summed E-state index contributed by atoms with van der Waals surface area (Å²) in [6, 6.07) is 15.0. The van der Waals surface area contributed by atoms with E-state index in [0.717, 1.165) is 24.9 Å². The molecule has 0 aliphatic heterocycles. The second-order valence-electron chi connectivity index (χ2n) is 6.66. The molecule has 0 unspecified atom stereocenters. The number of fused-ring (bicyclic) bond motifs is 1. The molecule has 0 bridgehead atoms. The van der Waals surface area contributed by atoms with E-state index >= 15 is 0 Å². The lowest BCUT2D eigenvalue weighted by molar-refractivity contribution is 0.0465. The molecule has 1 aliphatic rings. The van der Waals surface area contributed by atoms with E-state index in [1.807, 2.05) is 42.5 Å². The summed E-state index contributed by atoms with van der Waals surface area (Å²) in [6.07, 6.45) is 4.77. The molecule has 0 saturated carbocycles. The molecule has 0 atom stereocenters. The van der Waals surface area contributed by atoms with Gasteiger partial charge in [0.05, 0.1) is 19.0 Å². The third-order valence-corrected chi connectivity index (χ3v) is 4.87. The van der Waals surface area contributed by atoms with Gasteiger partial charge in [-0.2, -0.15) is 5.10 Å². The van der Waals surface area contributed by atoms with Crippen LogP contribution < -0.4 is 4.74 Å². The predicted molar refractivity (Wildman–Crippen MR) is 103 cm³/mol. The predicted octanol–water partition coefficient (Wildman–Crippen LogP) is 3.41. The quantitative estimate of drug-likeness (QED) is 0.487. The molecule has 1 aliphatic carbocycles.